The normalized spacial score (nSPS) is 18.5. The number of aliphatic hydroxyl groups is 1. The number of carbonyl (C=O) groups excluding carboxylic acids is 2. The van der Waals surface area contributed by atoms with E-state index < -0.39 is 12.0 Å². The molecule has 0 radical (unpaired) electrons. The molecule has 3 nitrogen and oxygen atoms in total. The summed E-state index contributed by atoms with van der Waals surface area (Å²) in [6.45, 7) is 19.5. The summed E-state index contributed by atoms with van der Waals surface area (Å²) in [6.07, 6.45) is 11.0. The van der Waals surface area contributed by atoms with Gasteiger partial charge in [0.25, 0.3) is 0 Å². The average molecular weight is 429 g/mol. The summed E-state index contributed by atoms with van der Waals surface area (Å²) in [5, 5.41) is 10.3. The third-order valence-corrected chi connectivity index (χ3v) is 5.67. The first-order valence-corrected chi connectivity index (χ1v) is 11.4. The molecule has 174 valence electrons. The quantitative estimate of drug-likeness (QED) is 0.208. The molecule has 4 atom stereocenters. The second kappa shape index (κ2) is 14.1. The number of Topliss-reactive ketones (excluding diaryl/α,β-unsaturated/α-hetero) is 2. The average Bonchev–Trinajstić information content (AvgIpc) is 2.69. The van der Waals surface area contributed by atoms with Gasteiger partial charge in [0.1, 0.15) is 11.6 Å². The third kappa shape index (κ3) is 10.7. The molecule has 3 heteroatoms. The van der Waals surface area contributed by atoms with Crippen LogP contribution in [0, 0.1) is 17.8 Å². The van der Waals surface area contributed by atoms with Crippen molar-refractivity contribution in [2.75, 3.05) is 0 Å². The monoisotopic (exact) mass is 428 g/mol. The molecule has 0 saturated carbocycles. The maximum Gasteiger partial charge on any atom is 0.146 e. The Morgan fingerprint density at radius 3 is 1.97 bits per heavy atom. The van der Waals surface area contributed by atoms with Crippen LogP contribution >= 0.6 is 0 Å². The minimum Gasteiger partial charge on any atom is -0.384 e. The fraction of sp³-hybridized carbons (Fsp3) is 0.571. The van der Waals surface area contributed by atoms with Gasteiger partial charge in [0.15, 0.2) is 0 Å². The molecule has 0 saturated heterocycles. The molecule has 0 rings (SSSR count). The van der Waals surface area contributed by atoms with E-state index in [1.165, 1.54) is 0 Å². The number of rotatable bonds is 12. The second-order valence-electron chi connectivity index (χ2n) is 9.04. The topological polar surface area (TPSA) is 54.4 Å². The highest BCUT2D eigenvalue weighted by atomic mass is 16.3. The molecule has 0 fully saturated rings. The van der Waals surface area contributed by atoms with E-state index in [2.05, 4.69) is 45.1 Å². The number of allylic oxidation sites excluding steroid dienone is 8. The van der Waals surface area contributed by atoms with Crippen LogP contribution in [-0.4, -0.2) is 22.8 Å². The summed E-state index contributed by atoms with van der Waals surface area (Å²) in [6, 6.07) is 0. The second-order valence-corrected chi connectivity index (χ2v) is 9.04. The van der Waals surface area contributed by atoms with Gasteiger partial charge >= 0.3 is 0 Å². The molecule has 0 aromatic rings. The maximum absolute atomic E-state index is 12.5. The van der Waals surface area contributed by atoms with E-state index in [1.54, 1.807) is 13.8 Å². The lowest BCUT2D eigenvalue weighted by atomic mass is 9.87. The molecule has 0 aliphatic heterocycles. The van der Waals surface area contributed by atoms with Crippen LogP contribution in [-0.2, 0) is 9.59 Å². The summed E-state index contributed by atoms with van der Waals surface area (Å²) in [5.41, 5.74) is 5.33. The molecule has 0 aromatic heterocycles. The van der Waals surface area contributed by atoms with Crippen LogP contribution in [0.4, 0.5) is 0 Å². The van der Waals surface area contributed by atoms with Gasteiger partial charge in [-0.2, -0.15) is 0 Å². The Kier molecular flexibility index (Phi) is 13.2. The van der Waals surface area contributed by atoms with E-state index in [1.807, 2.05) is 40.7 Å². The van der Waals surface area contributed by atoms with Gasteiger partial charge in [-0.25, -0.2) is 0 Å². The van der Waals surface area contributed by atoms with Crippen LogP contribution in [0.1, 0.15) is 82.1 Å². The zero-order valence-corrected chi connectivity index (χ0v) is 21.4. The number of hydrogen-bond donors (Lipinski definition) is 1. The first-order chi connectivity index (χ1) is 14.3. The predicted octanol–water partition coefficient (Wildman–Crippen LogP) is 6.95. The van der Waals surface area contributed by atoms with E-state index in [-0.39, 0.29) is 23.4 Å². The number of ketones is 2. The molecule has 0 amide bonds. The fourth-order valence-corrected chi connectivity index (χ4v) is 3.86. The highest BCUT2D eigenvalue weighted by Crippen LogP contribution is 2.20. The molecule has 4 unspecified atom stereocenters. The Morgan fingerprint density at radius 2 is 1.45 bits per heavy atom. The van der Waals surface area contributed by atoms with E-state index in [9.17, 15) is 14.7 Å². The van der Waals surface area contributed by atoms with Crippen LogP contribution in [0.3, 0.4) is 0 Å². The lowest BCUT2D eigenvalue weighted by Crippen LogP contribution is -2.26. The van der Waals surface area contributed by atoms with Gasteiger partial charge in [0.2, 0.25) is 0 Å². The Morgan fingerprint density at radius 1 is 0.871 bits per heavy atom. The lowest BCUT2D eigenvalue weighted by Gasteiger charge is -2.15. The molecule has 31 heavy (non-hydrogen) atoms. The fourth-order valence-electron chi connectivity index (χ4n) is 3.86. The number of aliphatic hydroxyl groups excluding tert-OH is 1. The third-order valence-electron chi connectivity index (χ3n) is 5.67. The van der Waals surface area contributed by atoms with Gasteiger partial charge in [0.05, 0.1) is 12.0 Å². The Labute approximate surface area is 190 Å². The first kappa shape index (κ1) is 29.0. The number of carbonyl (C=O) groups is 2. The van der Waals surface area contributed by atoms with Crippen molar-refractivity contribution < 1.29 is 14.7 Å². The van der Waals surface area contributed by atoms with Crippen molar-refractivity contribution in [2.24, 2.45) is 17.8 Å². The first-order valence-electron chi connectivity index (χ1n) is 11.4. The summed E-state index contributed by atoms with van der Waals surface area (Å²) in [7, 11) is 0. The molecule has 0 spiro atoms. The largest absolute Gasteiger partial charge is 0.384 e. The highest BCUT2D eigenvalue weighted by Gasteiger charge is 2.24. The van der Waals surface area contributed by atoms with Crippen LogP contribution in [0.25, 0.3) is 0 Å². The summed E-state index contributed by atoms with van der Waals surface area (Å²) in [4.78, 5) is 24.3. The van der Waals surface area contributed by atoms with Crippen LogP contribution in [0.2, 0.25) is 0 Å². The van der Waals surface area contributed by atoms with Crippen molar-refractivity contribution in [3.8, 4) is 0 Å². The minimum atomic E-state index is -0.524. The van der Waals surface area contributed by atoms with Crippen molar-refractivity contribution in [1.82, 2.24) is 0 Å². The van der Waals surface area contributed by atoms with Crippen LogP contribution in [0.5, 0.6) is 0 Å². The van der Waals surface area contributed by atoms with Gasteiger partial charge in [-0.3, -0.25) is 9.59 Å². The summed E-state index contributed by atoms with van der Waals surface area (Å²) in [5.74, 6) is -0.413. The molecule has 0 aliphatic carbocycles. The van der Waals surface area contributed by atoms with E-state index in [4.69, 9.17) is 0 Å². The molecule has 1 N–H and O–H groups in total. The molecular formula is C28H44O3. The summed E-state index contributed by atoms with van der Waals surface area (Å²) >= 11 is 0. The predicted molar refractivity (Wildman–Crippen MR) is 133 cm³/mol. The Balaban J connectivity index is 5.17. The number of hydrogen-bond acceptors (Lipinski definition) is 3. The standard InChI is InChI=1S/C28H44O3/c1-11-22(7)27(30)23(8)16-20(5)14-18(3)13-19(4)15-21(6)17-24(9)28(31)25(10)26(29)12-2/h11,13-16,20,24-25,27,30H,12,17H2,1-10H3. The smallest absolute Gasteiger partial charge is 0.146 e. The Hall–Kier alpha value is -2.00. The molecule has 0 aliphatic rings. The Bertz CT molecular complexity index is 774. The zero-order valence-electron chi connectivity index (χ0n) is 21.4. The molecule has 0 bridgehead atoms. The van der Waals surface area contributed by atoms with E-state index >= 15 is 0 Å². The molecule has 0 heterocycles. The van der Waals surface area contributed by atoms with Gasteiger partial charge in [-0.15, -0.1) is 0 Å². The van der Waals surface area contributed by atoms with Crippen molar-refractivity contribution >= 4 is 11.6 Å². The van der Waals surface area contributed by atoms with Gasteiger partial charge < -0.3 is 5.11 Å². The molecular weight excluding hydrogens is 384 g/mol. The highest BCUT2D eigenvalue weighted by molar-refractivity contribution is 6.02. The van der Waals surface area contributed by atoms with Gasteiger partial charge in [0, 0.05) is 12.3 Å². The summed E-state index contributed by atoms with van der Waals surface area (Å²) < 4.78 is 0. The zero-order chi connectivity index (χ0) is 24.3. The van der Waals surface area contributed by atoms with Crippen molar-refractivity contribution in [3.05, 3.63) is 58.2 Å². The van der Waals surface area contributed by atoms with E-state index in [0.717, 1.165) is 27.9 Å². The lowest BCUT2D eigenvalue weighted by molar-refractivity contribution is -0.134. The van der Waals surface area contributed by atoms with E-state index in [0.29, 0.717) is 12.8 Å². The van der Waals surface area contributed by atoms with Gasteiger partial charge in [-0.1, -0.05) is 67.9 Å². The van der Waals surface area contributed by atoms with Crippen molar-refractivity contribution in [3.63, 3.8) is 0 Å². The molecule has 0 aromatic carbocycles. The van der Waals surface area contributed by atoms with Crippen LogP contribution in [0.15, 0.2) is 58.2 Å². The maximum atomic E-state index is 12.5. The SMILES string of the molecule is CC=C(C)C(O)C(C)=CC(C)C=C(C)C=C(C)C=C(C)CC(C)C(=O)C(C)C(=O)CC. The minimum absolute atomic E-state index is 0.0159. The van der Waals surface area contributed by atoms with Crippen molar-refractivity contribution in [1.29, 1.82) is 0 Å². The van der Waals surface area contributed by atoms with Gasteiger partial charge in [-0.05, 0) is 72.0 Å². The van der Waals surface area contributed by atoms with Crippen LogP contribution < -0.4 is 0 Å². The van der Waals surface area contributed by atoms with Crippen molar-refractivity contribution in [2.45, 2.75) is 88.2 Å².